The average Bonchev–Trinajstić information content (AvgIpc) is 2.67. The van der Waals surface area contributed by atoms with Crippen LogP contribution in [0, 0.1) is 11.6 Å². The van der Waals surface area contributed by atoms with Gasteiger partial charge >= 0.3 is 0 Å². The maximum absolute atomic E-state index is 14.0. The van der Waals surface area contributed by atoms with Crippen molar-refractivity contribution in [3.63, 3.8) is 0 Å². The van der Waals surface area contributed by atoms with Crippen LogP contribution in [0.1, 0.15) is 0 Å². The van der Waals surface area contributed by atoms with E-state index in [1.54, 1.807) is 24.4 Å². The highest BCUT2D eigenvalue weighted by molar-refractivity contribution is 5.79. The molecule has 2 aromatic carbocycles. The fourth-order valence-corrected chi connectivity index (χ4v) is 2.76. The molecule has 0 bridgehead atoms. The van der Waals surface area contributed by atoms with Crippen LogP contribution in [-0.2, 0) is 0 Å². The van der Waals surface area contributed by atoms with Crippen molar-refractivity contribution >= 4 is 10.9 Å². The Morgan fingerprint density at radius 1 is 0.885 bits per heavy atom. The summed E-state index contributed by atoms with van der Waals surface area (Å²) in [7, 11) is 1.33. The SMILES string of the molecule is COc1c(F)cc(F)cc1-c1cccc(-c2ncc3ccccc3n2)n1. The summed E-state index contributed by atoms with van der Waals surface area (Å²) < 4.78 is 32.7. The molecule has 0 spiro atoms. The predicted molar refractivity (Wildman–Crippen MR) is 94.7 cm³/mol. The highest BCUT2D eigenvalue weighted by Crippen LogP contribution is 2.33. The maximum atomic E-state index is 14.0. The van der Waals surface area contributed by atoms with E-state index in [0.717, 1.165) is 17.0 Å². The van der Waals surface area contributed by atoms with E-state index in [2.05, 4.69) is 15.0 Å². The molecule has 0 fully saturated rings. The van der Waals surface area contributed by atoms with Crippen LogP contribution >= 0.6 is 0 Å². The van der Waals surface area contributed by atoms with Crippen LogP contribution in [0.4, 0.5) is 8.78 Å². The van der Waals surface area contributed by atoms with E-state index in [1.165, 1.54) is 13.2 Å². The summed E-state index contributed by atoms with van der Waals surface area (Å²) in [5.41, 5.74) is 1.89. The number of pyridine rings is 1. The zero-order valence-electron chi connectivity index (χ0n) is 13.8. The quantitative estimate of drug-likeness (QED) is 0.540. The third-order valence-electron chi connectivity index (χ3n) is 3.96. The summed E-state index contributed by atoms with van der Waals surface area (Å²) >= 11 is 0. The Morgan fingerprint density at radius 2 is 1.69 bits per heavy atom. The van der Waals surface area contributed by atoms with Gasteiger partial charge in [-0.25, -0.2) is 23.7 Å². The van der Waals surface area contributed by atoms with E-state index < -0.39 is 11.6 Å². The number of nitrogens with zero attached hydrogens (tertiary/aromatic N) is 3. The summed E-state index contributed by atoms with van der Waals surface area (Å²) in [4.78, 5) is 13.3. The Balaban J connectivity index is 1.84. The largest absolute Gasteiger partial charge is 0.493 e. The standard InChI is InChI=1S/C20H13F2N3O/c1-26-19-14(9-13(21)10-15(19)22)17-7-4-8-18(24-17)20-23-11-12-5-2-3-6-16(12)25-20/h2-11H,1H3. The fourth-order valence-electron chi connectivity index (χ4n) is 2.76. The second kappa shape index (κ2) is 6.48. The number of ether oxygens (including phenoxy) is 1. The summed E-state index contributed by atoms with van der Waals surface area (Å²) in [6, 6.07) is 14.7. The second-order valence-corrected chi connectivity index (χ2v) is 5.63. The van der Waals surface area contributed by atoms with Crippen LogP contribution in [0.15, 0.2) is 60.8 Å². The van der Waals surface area contributed by atoms with Crippen LogP contribution in [0.2, 0.25) is 0 Å². The van der Waals surface area contributed by atoms with Crippen LogP contribution in [-0.4, -0.2) is 22.1 Å². The normalized spacial score (nSPS) is 10.9. The molecule has 0 N–H and O–H groups in total. The van der Waals surface area contributed by atoms with Gasteiger partial charge in [0.05, 0.1) is 18.3 Å². The number of rotatable bonds is 3. The molecule has 0 aliphatic rings. The van der Waals surface area contributed by atoms with Crippen molar-refractivity contribution in [2.45, 2.75) is 0 Å². The van der Waals surface area contributed by atoms with Crippen molar-refractivity contribution in [2.75, 3.05) is 7.11 Å². The van der Waals surface area contributed by atoms with Crippen LogP contribution in [0.5, 0.6) is 5.75 Å². The third kappa shape index (κ3) is 2.86. The molecule has 0 saturated heterocycles. The Bertz CT molecular complexity index is 1120. The van der Waals surface area contributed by atoms with Gasteiger partial charge in [-0.15, -0.1) is 0 Å². The summed E-state index contributed by atoms with van der Waals surface area (Å²) in [5, 5.41) is 0.918. The molecule has 0 radical (unpaired) electrons. The lowest BCUT2D eigenvalue weighted by Gasteiger charge is -2.10. The molecule has 0 unspecified atom stereocenters. The van der Waals surface area contributed by atoms with E-state index in [0.29, 0.717) is 17.2 Å². The zero-order valence-corrected chi connectivity index (χ0v) is 13.8. The Morgan fingerprint density at radius 3 is 2.54 bits per heavy atom. The molecular formula is C20H13F2N3O. The molecule has 0 saturated carbocycles. The zero-order chi connectivity index (χ0) is 18.1. The number of fused-ring (bicyclic) bond motifs is 1. The summed E-state index contributed by atoms with van der Waals surface area (Å²) in [6.07, 6.45) is 1.72. The molecule has 2 aromatic heterocycles. The number of halogens is 2. The van der Waals surface area contributed by atoms with Crippen molar-refractivity contribution < 1.29 is 13.5 Å². The molecule has 2 heterocycles. The number of hydrogen-bond acceptors (Lipinski definition) is 4. The van der Waals surface area contributed by atoms with Crippen molar-refractivity contribution in [1.29, 1.82) is 0 Å². The molecule has 128 valence electrons. The average molecular weight is 349 g/mol. The van der Waals surface area contributed by atoms with E-state index in [1.807, 2.05) is 24.3 Å². The van der Waals surface area contributed by atoms with E-state index in [9.17, 15) is 8.78 Å². The summed E-state index contributed by atoms with van der Waals surface area (Å²) in [5.74, 6) is -1.11. The monoisotopic (exact) mass is 349 g/mol. The first-order chi connectivity index (χ1) is 12.7. The van der Waals surface area contributed by atoms with E-state index in [4.69, 9.17) is 4.74 Å². The molecule has 4 nitrogen and oxygen atoms in total. The molecule has 0 atom stereocenters. The minimum Gasteiger partial charge on any atom is -0.493 e. The van der Waals surface area contributed by atoms with Gasteiger partial charge in [0.1, 0.15) is 11.5 Å². The Labute approximate surface area is 148 Å². The van der Waals surface area contributed by atoms with Gasteiger partial charge in [-0.1, -0.05) is 24.3 Å². The van der Waals surface area contributed by atoms with Crippen molar-refractivity contribution in [2.24, 2.45) is 0 Å². The molecular weight excluding hydrogens is 336 g/mol. The van der Waals surface area contributed by atoms with Gasteiger partial charge in [0.15, 0.2) is 17.4 Å². The lowest BCUT2D eigenvalue weighted by molar-refractivity contribution is 0.386. The van der Waals surface area contributed by atoms with Crippen LogP contribution in [0.3, 0.4) is 0 Å². The minimum absolute atomic E-state index is 0.0597. The Hall–Kier alpha value is -3.41. The first-order valence-electron chi connectivity index (χ1n) is 7.88. The number of para-hydroxylation sites is 1. The van der Waals surface area contributed by atoms with Gasteiger partial charge in [0, 0.05) is 23.2 Å². The highest BCUT2D eigenvalue weighted by Gasteiger charge is 2.16. The van der Waals surface area contributed by atoms with E-state index in [-0.39, 0.29) is 11.3 Å². The van der Waals surface area contributed by atoms with Gasteiger partial charge in [0.25, 0.3) is 0 Å². The van der Waals surface area contributed by atoms with Gasteiger partial charge in [-0.05, 0) is 24.3 Å². The lowest BCUT2D eigenvalue weighted by Crippen LogP contribution is -1.97. The molecule has 4 rings (SSSR count). The van der Waals surface area contributed by atoms with Crippen molar-refractivity contribution in [1.82, 2.24) is 15.0 Å². The molecule has 6 heteroatoms. The van der Waals surface area contributed by atoms with E-state index >= 15 is 0 Å². The first kappa shape index (κ1) is 16.1. The van der Waals surface area contributed by atoms with Crippen LogP contribution in [0.25, 0.3) is 33.7 Å². The molecule has 0 amide bonds. The number of hydrogen-bond donors (Lipinski definition) is 0. The lowest BCUT2D eigenvalue weighted by atomic mass is 10.1. The van der Waals surface area contributed by atoms with Crippen molar-refractivity contribution in [3.8, 4) is 28.5 Å². The van der Waals surface area contributed by atoms with Gasteiger partial charge in [-0.2, -0.15) is 0 Å². The van der Waals surface area contributed by atoms with Crippen molar-refractivity contribution in [3.05, 3.63) is 72.4 Å². The summed E-state index contributed by atoms with van der Waals surface area (Å²) in [6.45, 7) is 0. The molecule has 0 aliphatic heterocycles. The molecule has 0 aliphatic carbocycles. The number of methoxy groups -OCH3 is 1. The topological polar surface area (TPSA) is 47.9 Å². The Kier molecular flexibility index (Phi) is 4.01. The first-order valence-corrected chi connectivity index (χ1v) is 7.88. The second-order valence-electron chi connectivity index (χ2n) is 5.63. The molecule has 26 heavy (non-hydrogen) atoms. The fraction of sp³-hybridized carbons (Fsp3) is 0.0500. The van der Waals surface area contributed by atoms with Crippen LogP contribution < -0.4 is 4.74 Å². The predicted octanol–water partition coefficient (Wildman–Crippen LogP) is 4.65. The number of aromatic nitrogens is 3. The van der Waals surface area contributed by atoms with Gasteiger partial charge in [-0.3, -0.25) is 0 Å². The maximum Gasteiger partial charge on any atom is 0.178 e. The van der Waals surface area contributed by atoms with Gasteiger partial charge < -0.3 is 4.74 Å². The minimum atomic E-state index is -0.781. The smallest absolute Gasteiger partial charge is 0.178 e. The highest BCUT2D eigenvalue weighted by atomic mass is 19.1. The molecule has 4 aromatic rings. The van der Waals surface area contributed by atoms with Gasteiger partial charge in [0.2, 0.25) is 0 Å². The number of benzene rings is 2. The third-order valence-corrected chi connectivity index (χ3v) is 3.96.